The molecule has 142 valence electrons. The van der Waals surface area contributed by atoms with Gasteiger partial charge in [0.1, 0.15) is 6.04 Å². The Kier molecular flexibility index (Phi) is 7.26. The van der Waals surface area contributed by atoms with E-state index in [1.54, 1.807) is 0 Å². The van der Waals surface area contributed by atoms with E-state index in [1.165, 1.54) is 0 Å². The summed E-state index contributed by atoms with van der Waals surface area (Å²) in [5, 5.41) is 8.88. The van der Waals surface area contributed by atoms with Gasteiger partial charge in [-0.25, -0.2) is 0 Å². The minimum Gasteiger partial charge on any atom is -0.356 e. The molecule has 3 N–H and O–H groups in total. The van der Waals surface area contributed by atoms with Gasteiger partial charge in [0.2, 0.25) is 17.7 Å². The molecule has 0 aromatic carbocycles. The third-order valence-electron chi connectivity index (χ3n) is 5.28. The SMILES string of the molecule is CC(C)CC1NC(=O)CCCCC[C@H]2CNC(=O)[C@H]2C[C@@H](C)NC1=O. The molecule has 2 aliphatic rings. The van der Waals surface area contributed by atoms with Crippen LogP contribution < -0.4 is 16.0 Å². The summed E-state index contributed by atoms with van der Waals surface area (Å²) in [5.74, 6) is 0.578. The molecule has 0 radical (unpaired) electrons. The molecule has 0 aromatic heterocycles. The maximum Gasteiger partial charge on any atom is 0.242 e. The molecule has 2 rings (SSSR count). The second kappa shape index (κ2) is 9.20. The molecule has 0 saturated carbocycles. The Morgan fingerprint density at radius 3 is 2.52 bits per heavy atom. The third-order valence-corrected chi connectivity index (χ3v) is 5.28. The molecule has 0 spiro atoms. The van der Waals surface area contributed by atoms with Gasteiger partial charge in [-0.1, -0.05) is 26.7 Å². The fourth-order valence-corrected chi connectivity index (χ4v) is 3.94. The number of hydrogen-bond donors (Lipinski definition) is 3. The first-order chi connectivity index (χ1) is 11.9. The van der Waals surface area contributed by atoms with E-state index < -0.39 is 6.04 Å². The standard InChI is InChI=1S/C19H33N3O3/c1-12(2)9-16-19(25)21-13(3)10-15-14(11-20-18(15)24)7-5-4-6-8-17(23)22-16/h12-16H,4-11H2,1-3H3,(H,20,24)(H,21,25)(H,22,23)/t13-,14+,15+,16?/m1/s1. The number of amides is 3. The Hall–Kier alpha value is -1.59. The first-order valence-electron chi connectivity index (χ1n) is 9.74. The topological polar surface area (TPSA) is 87.3 Å². The summed E-state index contributed by atoms with van der Waals surface area (Å²) < 4.78 is 0. The lowest BCUT2D eigenvalue weighted by atomic mass is 9.85. The quantitative estimate of drug-likeness (QED) is 0.708. The Morgan fingerprint density at radius 1 is 1.04 bits per heavy atom. The Bertz CT molecular complexity index is 492. The molecular weight excluding hydrogens is 318 g/mol. The van der Waals surface area contributed by atoms with Crippen LogP contribution in [0.5, 0.6) is 0 Å². The molecule has 0 bridgehead atoms. The van der Waals surface area contributed by atoms with Crippen molar-refractivity contribution in [3.63, 3.8) is 0 Å². The van der Waals surface area contributed by atoms with Gasteiger partial charge in [0.25, 0.3) is 0 Å². The first kappa shape index (κ1) is 19.7. The van der Waals surface area contributed by atoms with Gasteiger partial charge in [-0.2, -0.15) is 0 Å². The van der Waals surface area contributed by atoms with Gasteiger partial charge in [0.05, 0.1) is 0 Å². The molecule has 6 heteroatoms. The fourth-order valence-electron chi connectivity index (χ4n) is 3.94. The van der Waals surface area contributed by atoms with E-state index in [0.29, 0.717) is 31.1 Å². The zero-order chi connectivity index (χ0) is 18.4. The summed E-state index contributed by atoms with van der Waals surface area (Å²) >= 11 is 0. The van der Waals surface area contributed by atoms with E-state index in [0.717, 1.165) is 32.2 Å². The van der Waals surface area contributed by atoms with Crippen LogP contribution in [0.15, 0.2) is 0 Å². The molecule has 4 atom stereocenters. The van der Waals surface area contributed by atoms with E-state index in [4.69, 9.17) is 0 Å². The lowest BCUT2D eigenvalue weighted by molar-refractivity contribution is -0.130. The summed E-state index contributed by atoms with van der Waals surface area (Å²) in [6, 6.07) is -0.579. The van der Waals surface area contributed by atoms with Crippen LogP contribution in [-0.4, -0.2) is 36.3 Å². The number of fused-ring (bicyclic) bond motifs is 1. The maximum absolute atomic E-state index is 12.6. The van der Waals surface area contributed by atoms with Crippen molar-refractivity contribution in [2.24, 2.45) is 17.8 Å². The van der Waals surface area contributed by atoms with Crippen molar-refractivity contribution in [3.8, 4) is 0 Å². The van der Waals surface area contributed by atoms with E-state index >= 15 is 0 Å². The van der Waals surface area contributed by atoms with Crippen LogP contribution in [0.25, 0.3) is 0 Å². The van der Waals surface area contributed by atoms with E-state index in [2.05, 4.69) is 16.0 Å². The predicted octanol–water partition coefficient (Wildman–Crippen LogP) is 1.74. The smallest absolute Gasteiger partial charge is 0.242 e. The number of hydrogen-bond acceptors (Lipinski definition) is 3. The van der Waals surface area contributed by atoms with Crippen LogP contribution >= 0.6 is 0 Å². The third kappa shape index (κ3) is 6.01. The van der Waals surface area contributed by atoms with E-state index in [9.17, 15) is 14.4 Å². The number of nitrogens with one attached hydrogen (secondary N) is 3. The Labute approximate surface area is 150 Å². The van der Waals surface area contributed by atoms with Crippen molar-refractivity contribution >= 4 is 17.7 Å². The number of carbonyl (C=O) groups excluding carboxylic acids is 3. The van der Waals surface area contributed by atoms with Gasteiger partial charge in [0.15, 0.2) is 0 Å². The average molecular weight is 351 g/mol. The van der Waals surface area contributed by atoms with E-state index in [-0.39, 0.29) is 29.7 Å². The summed E-state index contributed by atoms with van der Waals surface area (Å²) in [6.45, 7) is 6.77. The molecule has 0 aliphatic carbocycles. The molecule has 0 aromatic rings. The summed E-state index contributed by atoms with van der Waals surface area (Å²) in [7, 11) is 0. The summed E-state index contributed by atoms with van der Waals surface area (Å²) in [4.78, 5) is 36.9. The van der Waals surface area contributed by atoms with Gasteiger partial charge >= 0.3 is 0 Å². The summed E-state index contributed by atoms with van der Waals surface area (Å²) in [6.07, 6.45) is 5.60. The van der Waals surface area contributed by atoms with E-state index in [1.807, 2.05) is 20.8 Å². The Morgan fingerprint density at radius 2 is 1.80 bits per heavy atom. The van der Waals surface area contributed by atoms with Gasteiger partial charge in [-0.3, -0.25) is 14.4 Å². The zero-order valence-electron chi connectivity index (χ0n) is 15.8. The van der Waals surface area contributed by atoms with Gasteiger partial charge in [-0.15, -0.1) is 0 Å². The lowest BCUT2D eigenvalue weighted by Crippen LogP contribution is -2.50. The minimum absolute atomic E-state index is 0.0172. The van der Waals surface area contributed by atoms with Crippen molar-refractivity contribution in [1.82, 2.24) is 16.0 Å². The second-order valence-corrected chi connectivity index (χ2v) is 8.11. The molecule has 2 saturated heterocycles. The van der Waals surface area contributed by atoms with Crippen LogP contribution in [0.1, 0.15) is 65.7 Å². The number of rotatable bonds is 2. The average Bonchev–Trinajstić information content (AvgIpc) is 2.85. The van der Waals surface area contributed by atoms with Crippen molar-refractivity contribution in [3.05, 3.63) is 0 Å². The van der Waals surface area contributed by atoms with Crippen LogP contribution in [-0.2, 0) is 14.4 Å². The van der Waals surface area contributed by atoms with Crippen molar-refractivity contribution in [1.29, 1.82) is 0 Å². The number of carbonyl (C=O) groups is 3. The highest BCUT2D eigenvalue weighted by atomic mass is 16.2. The predicted molar refractivity (Wildman–Crippen MR) is 96.7 cm³/mol. The van der Waals surface area contributed by atoms with Crippen LogP contribution in [0.4, 0.5) is 0 Å². The second-order valence-electron chi connectivity index (χ2n) is 8.11. The molecular formula is C19H33N3O3. The van der Waals surface area contributed by atoms with Gasteiger partial charge in [0, 0.05) is 24.9 Å². The lowest BCUT2D eigenvalue weighted by Gasteiger charge is -2.25. The van der Waals surface area contributed by atoms with Crippen LogP contribution in [0.2, 0.25) is 0 Å². The molecule has 1 unspecified atom stereocenters. The molecule has 6 nitrogen and oxygen atoms in total. The van der Waals surface area contributed by atoms with Crippen LogP contribution in [0.3, 0.4) is 0 Å². The maximum atomic E-state index is 12.6. The highest BCUT2D eigenvalue weighted by Gasteiger charge is 2.35. The van der Waals surface area contributed by atoms with Crippen LogP contribution in [0, 0.1) is 17.8 Å². The molecule has 2 fully saturated rings. The minimum atomic E-state index is -0.494. The molecule has 2 heterocycles. The fraction of sp³-hybridized carbons (Fsp3) is 0.842. The zero-order valence-corrected chi connectivity index (χ0v) is 15.8. The monoisotopic (exact) mass is 351 g/mol. The van der Waals surface area contributed by atoms with Gasteiger partial charge < -0.3 is 16.0 Å². The largest absolute Gasteiger partial charge is 0.356 e. The highest BCUT2D eigenvalue weighted by molar-refractivity contribution is 5.88. The first-order valence-corrected chi connectivity index (χ1v) is 9.74. The van der Waals surface area contributed by atoms with Crippen molar-refractivity contribution < 1.29 is 14.4 Å². The highest BCUT2D eigenvalue weighted by Crippen LogP contribution is 2.28. The molecule has 3 amide bonds. The normalized spacial score (nSPS) is 32.4. The van der Waals surface area contributed by atoms with Gasteiger partial charge in [-0.05, 0) is 44.4 Å². The molecule has 25 heavy (non-hydrogen) atoms. The summed E-state index contributed by atoms with van der Waals surface area (Å²) in [5.41, 5.74) is 0. The van der Waals surface area contributed by atoms with Crippen molar-refractivity contribution in [2.45, 2.75) is 77.8 Å². The Balaban J connectivity index is 2.08. The van der Waals surface area contributed by atoms with Crippen molar-refractivity contribution in [2.75, 3.05) is 6.54 Å². The molecule has 2 aliphatic heterocycles.